The summed E-state index contributed by atoms with van der Waals surface area (Å²) in [5.41, 5.74) is 1.67. The van der Waals surface area contributed by atoms with Crippen LogP contribution in [-0.2, 0) is 11.2 Å². The third-order valence-electron chi connectivity index (χ3n) is 3.26. The molecule has 0 aliphatic carbocycles. The molecule has 1 aromatic carbocycles. The standard InChI is InChI=1S/C15H11ClN2O3/c16-10-3-4-12-11(7-10)15(21)18-8-9(2-6-14(19)20)1-5-13(18)17-12/h1,3-5,7-8H,2,6H2,(H,19,20). The lowest BCUT2D eigenvalue weighted by Gasteiger charge is -2.06. The Morgan fingerprint density at radius 1 is 1.29 bits per heavy atom. The minimum atomic E-state index is -0.870. The Morgan fingerprint density at radius 3 is 2.86 bits per heavy atom. The monoisotopic (exact) mass is 302 g/mol. The molecule has 0 amide bonds. The summed E-state index contributed by atoms with van der Waals surface area (Å²) in [6.45, 7) is 0. The van der Waals surface area contributed by atoms with E-state index in [0.29, 0.717) is 28.0 Å². The lowest BCUT2D eigenvalue weighted by atomic mass is 10.1. The average Bonchev–Trinajstić information content (AvgIpc) is 2.46. The van der Waals surface area contributed by atoms with Gasteiger partial charge in [-0.1, -0.05) is 17.7 Å². The molecule has 0 spiro atoms. The number of rotatable bonds is 3. The van der Waals surface area contributed by atoms with Crippen molar-refractivity contribution < 1.29 is 9.90 Å². The summed E-state index contributed by atoms with van der Waals surface area (Å²) < 4.78 is 1.43. The first-order valence-corrected chi connectivity index (χ1v) is 6.75. The minimum Gasteiger partial charge on any atom is -0.481 e. The highest BCUT2D eigenvalue weighted by molar-refractivity contribution is 6.31. The first-order chi connectivity index (χ1) is 10.0. The fourth-order valence-electron chi connectivity index (χ4n) is 2.22. The van der Waals surface area contributed by atoms with E-state index < -0.39 is 5.97 Å². The van der Waals surface area contributed by atoms with Crippen molar-refractivity contribution in [1.29, 1.82) is 0 Å². The van der Waals surface area contributed by atoms with Crippen LogP contribution < -0.4 is 5.56 Å². The maximum Gasteiger partial charge on any atom is 0.303 e. The van der Waals surface area contributed by atoms with Crippen molar-refractivity contribution in [2.75, 3.05) is 0 Å². The number of halogens is 1. The molecule has 0 unspecified atom stereocenters. The largest absolute Gasteiger partial charge is 0.481 e. The van der Waals surface area contributed by atoms with E-state index in [9.17, 15) is 9.59 Å². The molecular weight excluding hydrogens is 292 g/mol. The molecule has 2 heterocycles. The van der Waals surface area contributed by atoms with E-state index in [-0.39, 0.29) is 12.0 Å². The fraction of sp³-hybridized carbons (Fsp3) is 0.133. The Morgan fingerprint density at radius 2 is 2.10 bits per heavy atom. The number of carboxylic acids is 1. The number of aliphatic carboxylic acids is 1. The van der Waals surface area contributed by atoms with Gasteiger partial charge in [-0.2, -0.15) is 0 Å². The molecule has 0 bridgehead atoms. The summed E-state index contributed by atoms with van der Waals surface area (Å²) >= 11 is 5.92. The summed E-state index contributed by atoms with van der Waals surface area (Å²) in [5.74, 6) is -0.870. The van der Waals surface area contributed by atoms with Crippen molar-refractivity contribution in [3.8, 4) is 0 Å². The van der Waals surface area contributed by atoms with Gasteiger partial charge >= 0.3 is 5.97 Å². The van der Waals surface area contributed by atoms with Crippen molar-refractivity contribution >= 4 is 34.1 Å². The van der Waals surface area contributed by atoms with Gasteiger partial charge in [-0.15, -0.1) is 0 Å². The van der Waals surface area contributed by atoms with Gasteiger partial charge < -0.3 is 5.11 Å². The molecule has 0 saturated heterocycles. The summed E-state index contributed by atoms with van der Waals surface area (Å²) in [6, 6.07) is 8.48. The van der Waals surface area contributed by atoms with Crippen molar-refractivity contribution in [1.82, 2.24) is 9.38 Å². The maximum atomic E-state index is 12.5. The molecule has 106 valence electrons. The number of carbonyl (C=O) groups is 1. The highest BCUT2D eigenvalue weighted by Gasteiger charge is 2.07. The smallest absolute Gasteiger partial charge is 0.303 e. The van der Waals surface area contributed by atoms with Gasteiger partial charge in [0.25, 0.3) is 5.56 Å². The van der Waals surface area contributed by atoms with Gasteiger partial charge in [0.2, 0.25) is 0 Å². The molecule has 5 nitrogen and oxygen atoms in total. The fourth-order valence-corrected chi connectivity index (χ4v) is 2.39. The second-order valence-corrected chi connectivity index (χ2v) is 5.17. The molecule has 1 N–H and O–H groups in total. The normalized spacial score (nSPS) is 11.1. The number of carboxylic acid groups (broad SMARTS) is 1. The molecule has 6 heteroatoms. The number of pyridine rings is 1. The van der Waals surface area contributed by atoms with Crippen LogP contribution in [0, 0.1) is 0 Å². The third-order valence-corrected chi connectivity index (χ3v) is 3.49. The van der Waals surface area contributed by atoms with Crippen LogP contribution in [0.5, 0.6) is 0 Å². The van der Waals surface area contributed by atoms with Crippen LogP contribution >= 0.6 is 11.6 Å². The predicted molar refractivity (Wildman–Crippen MR) is 79.9 cm³/mol. The Labute approximate surface area is 124 Å². The van der Waals surface area contributed by atoms with Crippen molar-refractivity contribution in [2.45, 2.75) is 12.8 Å². The number of fused-ring (bicyclic) bond motifs is 2. The molecule has 0 fully saturated rings. The number of hydrogen-bond donors (Lipinski definition) is 1. The molecule has 0 aliphatic heterocycles. The summed E-state index contributed by atoms with van der Waals surface area (Å²) in [4.78, 5) is 27.5. The van der Waals surface area contributed by atoms with Gasteiger partial charge in [0.05, 0.1) is 10.9 Å². The first kappa shape index (κ1) is 13.6. The Bertz CT molecular complexity index is 918. The summed E-state index contributed by atoms with van der Waals surface area (Å²) in [5, 5.41) is 9.63. The van der Waals surface area contributed by atoms with Crippen LogP contribution in [0.25, 0.3) is 16.6 Å². The van der Waals surface area contributed by atoms with Crippen LogP contribution in [0.4, 0.5) is 0 Å². The Hall–Kier alpha value is -2.40. The van der Waals surface area contributed by atoms with Gasteiger partial charge in [-0.05, 0) is 36.2 Å². The van der Waals surface area contributed by atoms with Gasteiger partial charge in [-0.3, -0.25) is 14.0 Å². The van der Waals surface area contributed by atoms with Gasteiger partial charge in [0.15, 0.2) is 0 Å². The number of aryl methyl sites for hydroxylation is 1. The second-order valence-electron chi connectivity index (χ2n) is 4.74. The highest BCUT2D eigenvalue weighted by Crippen LogP contribution is 2.16. The SMILES string of the molecule is O=C(O)CCc1ccc2nc3ccc(Cl)cc3c(=O)n2c1. The molecule has 3 rings (SSSR count). The third kappa shape index (κ3) is 2.60. The zero-order valence-corrected chi connectivity index (χ0v) is 11.7. The zero-order valence-electron chi connectivity index (χ0n) is 10.9. The Balaban J connectivity index is 2.20. The van der Waals surface area contributed by atoms with Crippen LogP contribution in [0.2, 0.25) is 5.02 Å². The molecule has 3 aromatic rings. The van der Waals surface area contributed by atoms with Gasteiger partial charge in [0, 0.05) is 17.6 Å². The van der Waals surface area contributed by atoms with E-state index in [1.165, 1.54) is 4.40 Å². The topological polar surface area (TPSA) is 71.7 Å². The molecule has 2 aromatic heterocycles. The molecule has 0 radical (unpaired) electrons. The first-order valence-electron chi connectivity index (χ1n) is 6.37. The number of benzene rings is 1. The van der Waals surface area contributed by atoms with E-state index in [1.807, 2.05) is 0 Å². The van der Waals surface area contributed by atoms with Crippen LogP contribution in [0.15, 0.2) is 41.3 Å². The van der Waals surface area contributed by atoms with Crippen molar-refractivity contribution in [3.63, 3.8) is 0 Å². The lowest BCUT2D eigenvalue weighted by molar-refractivity contribution is -0.136. The van der Waals surface area contributed by atoms with Crippen molar-refractivity contribution in [2.24, 2.45) is 0 Å². The highest BCUT2D eigenvalue weighted by atomic mass is 35.5. The summed E-state index contributed by atoms with van der Waals surface area (Å²) in [7, 11) is 0. The number of aromatic nitrogens is 2. The maximum absolute atomic E-state index is 12.5. The molecule has 0 aliphatic rings. The minimum absolute atomic E-state index is 0.0209. The van der Waals surface area contributed by atoms with Crippen LogP contribution in [0.3, 0.4) is 0 Å². The zero-order chi connectivity index (χ0) is 15.0. The number of nitrogens with zero attached hydrogens (tertiary/aromatic N) is 2. The lowest BCUT2D eigenvalue weighted by Crippen LogP contribution is -2.15. The molecule has 21 heavy (non-hydrogen) atoms. The van der Waals surface area contributed by atoms with E-state index in [4.69, 9.17) is 16.7 Å². The Kier molecular flexibility index (Phi) is 3.35. The van der Waals surface area contributed by atoms with E-state index >= 15 is 0 Å². The second kappa shape index (κ2) is 5.18. The quantitative estimate of drug-likeness (QED) is 0.755. The predicted octanol–water partition coefficient (Wildman–Crippen LogP) is 2.52. The summed E-state index contributed by atoms with van der Waals surface area (Å²) in [6.07, 6.45) is 2.02. The van der Waals surface area contributed by atoms with Gasteiger partial charge in [0.1, 0.15) is 5.65 Å². The van der Waals surface area contributed by atoms with Crippen LogP contribution in [0.1, 0.15) is 12.0 Å². The van der Waals surface area contributed by atoms with Crippen molar-refractivity contribution in [3.05, 3.63) is 57.5 Å². The molecule has 0 saturated carbocycles. The number of hydrogen-bond acceptors (Lipinski definition) is 3. The van der Waals surface area contributed by atoms with Gasteiger partial charge in [-0.25, -0.2) is 4.98 Å². The van der Waals surface area contributed by atoms with Crippen LogP contribution in [-0.4, -0.2) is 20.5 Å². The van der Waals surface area contributed by atoms with E-state index in [2.05, 4.69) is 4.98 Å². The van der Waals surface area contributed by atoms with E-state index in [0.717, 1.165) is 5.56 Å². The molecular formula is C15H11ClN2O3. The molecule has 0 atom stereocenters. The van der Waals surface area contributed by atoms with E-state index in [1.54, 1.807) is 36.5 Å². The average molecular weight is 303 g/mol.